The molecule has 2 amide bonds. The minimum atomic E-state index is -1.20. The first kappa shape index (κ1) is 12.8. The van der Waals surface area contributed by atoms with Gasteiger partial charge in [0.25, 0.3) is 5.91 Å². The lowest BCUT2D eigenvalue weighted by molar-refractivity contribution is -0.138. The third kappa shape index (κ3) is 3.33. The summed E-state index contributed by atoms with van der Waals surface area (Å²) in [7, 11) is 1.65. The Balaban J connectivity index is 2.90. The number of aromatic nitrogens is 1. The normalized spacial score (nSPS) is 9.94. The van der Waals surface area contributed by atoms with E-state index in [4.69, 9.17) is 10.8 Å². The zero-order valence-corrected chi connectivity index (χ0v) is 9.29. The Kier molecular flexibility index (Phi) is 3.86. The van der Waals surface area contributed by atoms with Crippen LogP contribution in [0.1, 0.15) is 10.5 Å². The average Bonchev–Trinajstić information content (AvgIpc) is 2.61. The van der Waals surface area contributed by atoms with Gasteiger partial charge in [0, 0.05) is 13.2 Å². The summed E-state index contributed by atoms with van der Waals surface area (Å²) in [5.41, 5.74) is 5.26. The molecule has 0 aliphatic carbocycles. The molecule has 1 aromatic heterocycles. The van der Waals surface area contributed by atoms with Gasteiger partial charge in [-0.15, -0.1) is 0 Å². The van der Waals surface area contributed by atoms with Gasteiger partial charge in [-0.1, -0.05) is 0 Å². The number of hydrogen-bond donors (Lipinski definition) is 2. The number of carboxylic acids is 1. The van der Waals surface area contributed by atoms with Crippen molar-refractivity contribution in [3.63, 3.8) is 0 Å². The van der Waals surface area contributed by atoms with Crippen LogP contribution >= 0.6 is 0 Å². The number of nitrogens with two attached hydrogens (primary N) is 1. The molecule has 1 heterocycles. The molecule has 0 bridgehead atoms. The van der Waals surface area contributed by atoms with E-state index in [0.717, 1.165) is 4.90 Å². The first-order valence-electron chi connectivity index (χ1n) is 4.82. The van der Waals surface area contributed by atoms with Crippen molar-refractivity contribution in [2.45, 2.75) is 0 Å². The van der Waals surface area contributed by atoms with Crippen LogP contribution in [0.15, 0.2) is 18.3 Å². The molecule has 7 heteroatoms. The number of rotatable bonds is 5. The zero-order valence-electron chi connectivity index (χ0n) is 9.29. The van der Waals surface area contributed by atoms with Crippen molar-refractivity contribution in [2.24, 2.45) is 12.8 Å². The molecule has 0 saturated carbocycles. The minimum absolute atomic E-state index is 0.299. The van der Waals surface area contributed by atoms with Crippen molar-refractivity contribution in [1.29, 1.82) is 0 Å². The molecule has 1 rings (SSSR count). The monoisotopic (exact) mass is 239 g/mol. The highest BCUT2D eigenvalue weighted by atomic mass is 16.4. The lowest BCUT2D eigenvalue weighted by atomic mass is 10.3. The Morgan fingerprint density at radius 1 is 1.41 bits per heavy atom. The van der Waals surface area contributed by atoms with Gasteiger partial charge in [0.1, 0.15) is 18.8 Å². The fraction of sp³-hybridized carbons (Fsp3) is 0.300. The zero-order chi connectivity index (χ0) is 13.0. The van der Waals surface area contributed by atoms with Crippen molar-refractivity contribution in [3.05, 3.63) is 24.0 Å². The lowest BCUT2D eigenvalue weighted by Gasteiger charge is -2.19. The fourth-order valence-corrected chi connectivity index (χ4v) is 1.40. The Morgan fingerprint density at radius 2 is 2.06 bits per heavy atom. The number of aliphatic carboxylic acids is 1. The number of carboxylic acid groups (broad SMARTS) is 1. The molecule has 0 unspecified atom stereocenters. The number of amides is 2. The van der Waals surface area contributed by atoms with Crippen molar-refractivity contribution in [3.8, 4) is 0 Å². The van der Waals surface area contributed by atoms with Crippen molar-refractivity contribution in [2.75, 3.05) is 13.1 Å². The topological polar surface area (TPSA) is 106 Å². The molecule has 92 valence electrons. The van der Waals surface area contributed by atoms with E-state index in [9.17, 15) is 14.4 Å². The molecule has 0 aliphatic rings. The maximum Gasteiger partial charge on any atom is 0.323 e. The highest BCUT2D eigenvalue weighted by molar-refractivity contribution is 5.96. The van der Waals surface area contributed by atoms with Gasteiger partial charge in [-0.05, 0) is 12.1 Å². The largest absolute Gasteiger partial charge is 0.480 e. The van der Waals surface area contributed by atoms with Crippen LogP contribution in [0, 0.1) is 0 Å². The van der Waals surface area contributed by atoms with E-state index in [-0.39, 0.29) is 0 Å². The second-order valence-electron chi connectivity index (χ2n) is 3.53. The summed E-state index contributed by atoms with van der Waals surface area (Å²) >= 11 is 0. The Morgan fingerprint density at radius 3 is 2.47 bits per heavy atom. The quantitative estimate of drug-likeness (QED) is 0.690. The molecule has 1 aromatic rings. The first-order chi connectivity index (χ1) is 7.91. The molecule has 17 heavy (non-hydrogen) atoms. The molecular formula is C10H13N3O4. The average molecular weight is 239 g/mol. The van der Waals surface area contributed by atoms with E-state index in [0.29, 0.717) is 5.69 Å². The van der Waals surface area contributed by atoms with Gasteiger partial charge < -0.3 is 20.3 Å². The fourth-order valence-electron chi connectivity index (χ4n) is 1.40. The molecule has 0 spiro atoms. The summed E-state index contributed by atoms with van der Waals surface area (Å²) in [6.45, 7) is -0.983. The highest BCUT2D eigenvalue weighted by Gasteiger charge is 2.21. The van der Waals surface area contributed by atoms with Crippen molar-refractivity contribution < 1.29 is 19.5 Å². The van der Waals surface area contributed by atoms with Crippen molar-refractivity contribution >= 4 is 17.8 Å². The van der Waals surface area contributed by atoms with Crippen LogP contribution in [-0.2, 0) is 16.6 Å². The first-order valence-corrected chi connectivity index (χ1v) is 4.82. The van der Waals surface area contributed by atoms with Crippen LogP contribution in [0.25, 0.3) is 0 Å². The summed E-state index contributed by atoms with van der Waals surface area (Å²) < 4.78 is 1.54. The van der Waals surface area contributed by atoms with E-state index < -0.39 is 30.9 Å². The summed E-state index contributed by atoms with van der Waals surface area (Å²) in [5.74, 6) is -2.50. The number of hydrogen-bond acceptors (Lipinski definition) is 3. The van der Waals surface area contributed by atoms with E-state index in [1.54, 1.807) is 19.3 Å². The third-order valence-electron chi connectivity index (χ3n) is 2.12. The molecule has 0 aliphatic heterocycles. The number of carbonyl (C=O) groups is 3. The predicted molar refractivity (Wildman–Crippen MR) is 58.1 cm³/mol. The van der Waals surface area contributed by atoms with Gasteiger partial charge in [-0.2, -0.15) is 0 Å². The van der Waals surface area contributed by atoms with Crippen LogP contribution in [0.3, 0.4) is 0 Å². The van der Waals surface area contributed by atoms with Gasteiger partial charge >= 0.3 is 5.97 Å². The maximum absolute atomic E-state index is 11.9. The summed E-state index contributed by atoms with van der Waals surface area (Å²) in [5, 5.41) is 8.66. The molecular weight excluding hydrogens is 226 g/mol. The predicted octanol–water partition coefficient (Wildman–Crippen LogP) is -0.963. The second-order valence-corrected chi connectivity index (χ2v) is 3.53. The molecule has 0 radical (unpaired) electrons. The minimum Gasteiger partial charge on any atom is -0.480 e. The number of primary amides is 1. The van der Waals surface area contributed by atoms with Crippen LogP contribution in [-0.4, -0.2) is 45.4 Å². The maximum atomic E-state index is 11.9. The molecule has 0 aromatic carbocycles. The van der Waals surface area contributed by atoms with Crippen LogP contribution < -0.4 is 5.73 Å². The summed E-state index contributed by atoms with van der Waals surface area (Å²) in [4.78, 5) is 34.2. The number of aryl methyl sites for hydroxylation is 1. The van der Waals surface area contributed by atoms with E-state index in [1.807, 2.05) is 0 Å². The van der Waals surface area contributed by atoms with Crippen molar-refractivity contribution in [1.82, 2.24) is 9.47 Å². The number of carbonyl (C=O) groups excluding carboxylic acids is 2. The van der Waals surface area contributed by atoms with Gasteiger partial charge in [0.05, 0.1) is 0 Å². The van der Waals surface area contributed by atoms with Crippen LogP contribution in [0.4, 0.5) is 0 Å². The molecule has 0 atom stereocenters. The van der Waals surface area contributed by atoms with E-state index in [1.165, 1.54) is 10.6 Å². The number of nitrogens with zero attached hydrogens (tertiary/aromatic N) is 2. The molecule has 0 fully saturated rings. The lowest BCUT2D eigenvalue weighted by Crippen LogP contribution is -2.42. The van der Waals surface area contributed by atoms with Gasteiger partial charge in [-0.3, -0.25) is 14.4 Å². The smallest absolute Gasteiger partial charge is 0.323 e. The molecule has 0 saturated heterocycles. The standard InChI is InChI=1S/C10H13N3O4/c1-12-4-2-3-7(12)10(17)13(5-8(11)14)6-9(15)16/h2-4H,5-6H2,1H3,(H2,11,14)(H,15,16). The second kappa shape index (κ2) is 5.15. The van der Waals surface area contributed by atoms with E-state index >= 15 is 0 Å². The summed E-state index contributed by atoms with van der Waals surface area (Å²) in [6.07, 6.45) is 1.65. The van der Waals surface area contributed by atoms with Crippen LogP contribution in [0.5, 0.6) is 0 Å². The Bertz CT molecular complexity index is 436. The Hall–Kier alpha value is -2.31. The molecule has 3 N–H and O–H groups in total. The van der Waals surface area contributed by atoms with Crippen LogP contribution in [0.2, 0.25) is 0 Å². The Labute approximate surface area is 97.4 Å². The van der Waals surface area contributed by atoms with E-state index in [2.05, 4.69) is 0 Å². The molecule has 7 nitrogen and oxygen atoms in total. The van der Waals surface area contributed by atoms with Gasteiger partial charge in [-0.25, -0.2) is 0 Å². The SMILES string of the molecule is Cn1cccc1C(=O)N(CC(N)=O)CC(=O)O. The van der Waals surface area contributed by atoms with Gasteiger partial charge in [0.2, 0.25) is 5.91 Å². The van der Waals surface area contributed by atoms with Gasteiger partial charge in [0.15, 0.2) is 0 Å². The summed E-state index contributed by atoms with van der Waals surface area (Å²) in [6, 6.07) is 3.19. The third-order valence-corrected chi connectivity index (χ3v) is 2.12. The highest BCUT2D eigenvalue weighted by Crippen LogP contribution is 2.05.